The number of rotatable bonds is 7. The Bertz CT molecular complexity index is 878. The van der Waals surface area contributed by atoms with Gasteiger partial charge in [0.2, 0.25) is 0 Å². The highest BCUT2D eigenvalue weighted by Gasteiger charge is 2.12. The summed E-state index contributed by atoms with van der Waals surface area (Å²) in [6, 6.07) is 9.74. The zero-order chi connectivity index (χ0) is 17.8. The first kappa shape index (κ1) is 18.2. The number of fused-ring (bicyclic) bond motifs is 1. The number of benzene rings is 1. The summed E-state index contributed by atoms with van der Waals surface area (Å²) in [5.74, 6) is 1.73. The number of hydrogen-bond donors (Lipinski definition) is 0. The van der Waals surface area contributed by atoms with Gasteiger partial charge in [-0.15, -0.1) is 0 Å². The number of aromatic nitrogens is 3. The number of ether oxygens (including phenoxy) is 1. The Morgan fingerprint density at radius 1 is 1.16 bits per heavy atom. The van der Waals surface area contributed by atoms with E-state index in [-0.39, 0.29) is 0 Å². The molecule has 0 aliphatic carbocycles. The minimum absolute atomic E-state index is 0.626. The number of aryl methyl sites for hydroxylation is 1. The van der Waals surface area contributed by atoms with E-state index in [2.05, 4.69) is 37.4 Å². The second kappa shape index (κ2) is 8.19. The Hall–Kier alpha value is -1.59. The molecule has 0 bridgehead atoms. The number of halogens is 2. The van der Waals surface area contributed by atoms with E-state index in [0.717, 1.165) is 45.9 Å². The predicted octanol–water partition coefficient (Wildman–Crippen LogP) is 5.77. The number of nitrogens with zero attached hydrogens (tertiary/aromatic N) is 3. The Kier molecular flexibility index (Phi) is 5.97. The van der Waals surface area contributed by atoms with E-state index in [1.54, 1.807) is 0 Å². The molecule has 4 nitrogen and oxygen atoms in total. The van der Waals surface area contributed by atoms with E-state index in [1.165, 1.54) is 12.8 Å². The first-order valence-corrected chi connectivity index (χ1v) is 9.66. The molecule has 2 aromatic heterocycles. The van der Waals surface area contributed by atoms with Crippen LogP contribution >= 0.6 is 27.5 Å². The molecule has 25 heavy (non-hydrogen) atoms. The standard InChI is InChI=1S/C19H21BrClN3O/c1-3-4-5-10-25-15-7-6-14(16(21)11-15)12-24-13(2)22-17-8-9-18(20)23-19(17)24/h6-9,11H,3-5,10,12H2,1-2H3. The van der Waals surface area contributed by atoms with Crippen molar-refractivity contribution in [2.75, 3.05) is 6.61 Å². The van der Waals surface area contributed by atoms with Crippen molar-refractivity contribution in [3.05, 3.63) is 51.3 Å². The van der Waals surface area contributed by atoms with Gasteiger partial charge in [-0.05, 0) is 59.1 Å². The molecule has 0 fully saturated rings. The summed E-state index contributed by atoms with van der Waals surface area (Å²) < 4.78 is 8.63. The van der Waals surface area contributed by atoms with E-state index >= 15 is 0 Å². The van der Waals surface area contributed by atoms with Gasteiger partial charge in [0.1, 0.15) is 21.7 Å². The van der Waals surface area contributed by atoms with Crippen LogP contribution in [-0.4, -0.2) is 21.1 Å². The van der Waals surface area contributed by atoms with Crippen molar-refractivity contribution < 1.29 is 4.74 Å². The lowest BCUT2D eigenvalue weighted by Gasteiger charge is -2.11. The highest BCUT2D eigenvalue weighted by molar-refractivity contribution is 9.10. The lowest BCUT2D eigenvalue weighted by molar-refractivity contribution is 0.306. The van der Waals surface area contributed by atoms with E-state index in [9.17, 15) is 0 Å². The molecule has 0 unspecified atom stereocenters. The van der Waals surface area contributed by atoms with Gasteiger partial charge in [0.05, 0.1) is 13.2 Å². The van der Waals surface area contributed by atoms with Crippen LogP contribution in [0.2, 0.25) is 5.02 Å². The molecule has 0 N–H and O–H groups in total. The van der Waals surface area contributed by atoms with Gasteiger partial charge < -0.3 is 9.30 Å². The van der Waals surface area contributed by atoms with Crippen LogP contribution in [0.25, 0.3) is 11.2 Å². The molecule has 0 saturated carbocycles. The van der Waals surface area contributed by atoms with E-state index in [4.69, 9.17) is 16.3 Å². The van der Waals surface area contributed by atoms with Gasteiger partial charge >= 0.3 is 0 Å². The molecule has 132 valence electrons. The Balaban J connectivity index is 1.79. The summed E-state index contributed by atoms with van der Waals surface area (Å²) in [6.07, 6.45) is 3.43. The van der Waals surface area contributed by atoms with Gasteiger partial charge in [0, 0.05) is 5.02 Å². The van der Waals surface area contributed by atoms with Crippen molar-refractivity contribution in [2.45, 2.75) is 39.7 Å². The highest BCUT2D eigenvalue weighted by Crippen LogP contribution is 2.26. The van der Waals surface area contributed by atoms with Crippen LogP contribution in [0.1, 0.15) is 37.6 Å². The number of pyridine rings is 1. The van der Waals surface area contributed by atoms with Crippen molar-refractivity contribution in [3.8, 4) is 5.75 Å². The Morgan fingerprint density at radius 2 is 2.00 bits per heavy atom. The largest absolute Gasteiger partial charge is 0.494 e. The molecule has 1 aromatic carbocycles. The maximum atomic E-state index is 6.48. The lowest BCUT2D eigenvalue weighted by atomic mass is 10.2. The minimum atomic E-state index is 0.626. The molecule has 0 aliphatic rings. The topological polar surface area (TPSA) is 39.9 Å². The van der Waals surface area contributed by atoms with Crippen molar-refractivity contribution in [1.29, 1.82) is 0 Å². The van der Waals surface area contributed by atoms with Gasteiger partial charge in [-0.3, -0.25) is 0 Å². The molecule has 0 amide bonds. The average Bonchev–Trinajstić information content (AvgIpc) is 2.89. The zero-order valence-electron chi connectivity index (χ0n) is 14.4. The van der Waals surface area contributed by atoms with Crippen LogP contribution in [0.15, 0.2) is 34.9 Å². The van der Waals surface area contributed by atoms with Crippen LogP contribution in [-0.2, 0) is 6.54 Å². The fraction of sp³-hybridized carbons (Fsp3) is 0.368. The van der Waals surface area contributed by atoms with Crippen LogP contribution in [0.4, 0.5) is 0 Å². The molecule has 0 aliphatic heterocycles. The average molecular weight is 423 g/mol. The minimum Gasteiger partial charge on any atom is -0.494 e. The summed E-state index contributed by atoms with van der Waals surface area (Å²) >= 11 is 9.90. The quantitative estimate of drug-likeness (QED) is 0.358. The smallest absolute Gasteiger partial charge is 0.161 e. The normalized spacial score (nSPS) is 11.2. The van der Waals surface area contributed by atoms with Crippen LogP contribution < -0.4 is 4.74 Å². The first-order chi connectivity index (χ1) is 12.1. The highest BCUT2D eigenvalue weighted by atomic mass is 79.9. The van der Waals surface area contributed by atoms with Crippen LogP contribution in [0.3, 0.4) is 0 Å². The molecule has 3 aromatic rings. The van der Waals surface area contributed by atoms with E-state index in [0.29, 0.717) is 11.6 Å². The summed E-state index contributed by atoms with van der Waals surface area (Å²) in [7, 11) is 0. The number of hydrogen-bond acceptors (Lipinski definition) is 3. The summed E-state index contributed by atoms with van der Waals surface area (Å²) in [6.45, 7) is 5.52. The summed E-state index contributed by atoms with van der Waals surface area (Å²) in [5, 5.41) is 0.698. The van der Waals surface area contributed by atoms with Crippen LogP contribution in [0, 0.1) is 6.92 Å². The Labute approximate surface area is 161 Å². The molecule has 0 radical (unpaired) electrons. The van der Waals surface area contributed by atoms with Crippen molar-refractivity contribution >= 4 is 38.7 Å². The Morgan fingerprint density at radius 3 is 2.76 bits per heavy atom. The third-order valence-corrected chi connectivity index (χ3v) is 4.91. The fourth-order valence-electron chi connectivity index (χ4n) is 2.74. The van der Waals surface area contributed by atoms with Gasteiger partial charge in [0.25, 0.3) is 0 Å². The predicted molar refractivity (Wildman–Crippen MR) is 106 cm³/mol. The zero-order valence-corrected chi connectivity index (χ0v) is 16.8. The van der Waals surface area contributed by atoms with Crippen molar-refractivity contribution in [1.82, 2.24) is 14.5 Å². The summed E-state index contributed by atoms with van der Waals surface area (Å²) in [5.41, 5.74) is 2.75. The van der Waals surface area contributed by atoms with Crippen LogP contribution in [0.5, 0.6) is 5.75 Å². The maximum Gasteiger partial charge on any atom is 0.161 e. The molecule has 0 saturated heterocycles. The van der Waals surface area contributed by atoms with Crippen molar-refractivity contribution in [3.63, 3.8) is 0 Å². The molecule has 2 heterocycles. The maximum absolute atomic E-state index is 6.48. The molecule has 0 atom stereocenters. The molecule has 3 rings (SSSR count). The van der Waals surface area contributed by atoms with Gasteiger partial charge in [0.15, 0.2) is 5.65 Å². The molecule has 6 heteroatoms. The summed E-state index contributed by atoms with van der Waals surface area (Å²) in [4.78, 5) is 9.11. The monoisotopic (exact) mass is 421 g/mol. The van der Waals surface area contributed by atoms with E-state index < -0.39 is 0 Å². The first-order valence-electron chi connectivity index (χ1n) is 8.49. The number of imidazole rings is 1. The van der Waals surface area contributed by atoms with Crippen molar-refractivity contribution in [2.24, 2.45) is 0 Å². The molecular formula is C19H21BrClN3O. The second-order valence-corrected chi connectivity index (χ2v) is 7.25. The lowest BCUT2D eigenvalue weighted by Crippen LogP contribution is -2.04. The van der Waals surface area contributed by atoms with Gasteiger partial charge in [-0.2, -0.15) is 0 Å². The second-order valence-electron chi connectivity index (χ2n) is 6.03. The third kappa shape index (κ3) is 4.33. The van der Waals surface area contributed by atoms with Gasteiger partial charge in [-0.25, -0.2) is 9.97 Å². The number of unbranched alkanes of at least 4 members (excludes halogenated alkanes) is 2. The fourth-order valence-corrected chi connectivity index (χ4v) is 3.27. The van der Waals surface area contributed by atoms with Gasteiger partial charge in [-0.1, -0.05) is 37.4 Å². The third-order valence-electron chi connectivity index (χ3n) is 4.12. The SMILES string of the molecule is CCCCCOc1ccc(Cn2c(C)nc3ccc(Br)nc32)c(Cl)c1. The molecular weight excluding hydrogens is 402 g/mol. The van der Waals surface area contributed by atoms with E-state index in [1.807, 2.05) is 37.3 Å². The molecule has 0 spiro atoms.